The molecule has 1 aliphatic heterocycles. The van der Waals surface area contributed by atoms with Crippen LogP contribution in [0.5, 0.6) is 0 Å². The smallest absolute Gasteiger partial charge is 0.205 e. The first-order chi connectivity index (χ1) is 7.72. The Hall–Kier alpha value is -1.16. The third-order valence-electron chi connectivity index (χ3n) is 2.80. The topological polar surface area (TPSA) is 60.2 Å². The van der Waals surface area contributed by atoms with Gasteiger partial charge in [0.05, 0.1) is 7.11 Å². The Morgan fingerprint density at radius 3 is 2.50 bits per heavy atom. The Bertz CT molecular complexity index is 267. The van der Waals surface area contributed by atoms with Gasteiger partial charge in [0.25, 0.3) is 0 Å². The van der Waals surface area contributed by atoms with Crippen molar-refractivity contribution in [2.45, 2.75) is 25.7 Å². The van der Waals surface area contributed by atoms with Crippen LogP contribution in [0.2, 0.25) is 0 Å². The minimum absolute atomic E-state index is 0.0997. The molecule has 0 spiro atoms. The molecule has 0 aromatic heterocycles. The molecule has 0 amide bonds. The number of piperidine rings is 1. The van der Waals surface area contributed by atoms with E-state index in [1.54, 1.807) is 6.08 Å². The fourth-order valence-electron chi connectivity index (χ4n) is 1.79. The summed E-state index contributed by atoms with van der Waals surface area (Å²) in [5, 5.41) is 15.0. The molecule has 4 nitrogen and oxygen atoms in total. The van der Waals surface area contributed by atoms with Crippen molar-refractivity contribution in [3.63, 3.8) is 0 Å². The van der Waals surface area contributed by atoms with E-state index in [2.05, 4.69) is 9.64 Å². The van der Waals surface area contributed by atoms with E-state index in [1.165, 1.54) is 45.5 Å². The Balaban J connectivity index is 2.18. The molecule has 1 heterocycles. The molecule has 0 aromatic rings. The first kappa shape index (κ1) is 12.9. The lowest BCUT2D eigenvalue weighted by molar-refractivity contribution is 0.235. The van der Waals surface area contributed by atoms with Crippen molar-refractivity contribution in [3.05, 3.63) is 12.2 Å². The van der Waals surface area contributed by atoms with E-state index in [4.69, 9.17) is 10.8 Å². The molecular weight excluding hydrogens is 202 g/mol. The molecule has 0 radical (unpaired) electrons. The maximum absolute atomic E-state index is 7.71. The van der Waals surface area contributed by atoms with E-state index in [9.17, 15) is 0 Å². The highest BCUT2D eigenvalue weighted by atomic mass is 16.5. The SMILES string of the molecule is COC(=N)/C=C\C(=N)CCN1CCCCC1. The second kappa shape index (κ2) is 7.17. The van der Waals surface area contributed by atoms with Crippen LogP contribution < -0.4 is 0 Å². The van der Waals surface area contributed by atoms with Gasteiger partial charge in [0.1, 0.15) is 0 Å². The van der Waals surface area contributed by atoms with Crippen molar-refractivity contribution in [2.24, 2.45) is 0 Å². The van der Waals surface area contributed by atoms with Gasteiger partial charge >= 0.3 is 0 Å². The van der Waals surface area contributed by atoms with Crippen LogP contribution in [0.1, 0.15) is 25.7 Å². The maximum Gasteiger partial charge on any atom is 0.205 e. The summed E-state index contributed by atoms with van der Waals surface area (Å²) in [6, 6.07) is 0. The number of hydrogen-bond donors (Lipinski definition) is 2. The lowest BCUT2D eigenvalue weighted by Gasteiger charge is -2.26. The average molecular weight is 223 g/mol. The van der Waals surface area contributed by atoms with E-state index in [0.29, 0.717) is 5.71 Å². The van der Waals surface area contributed by atoms with Crippen LogP contribution in [-0.2, 0) is 4.74 Å². The van der Waals surface area contributed by atoms with Gasteiger partial charge in [0.2, 0.25) is 5.90 Å². The number of nitrogens with one attached hydrogen (secondary N) is 2. The van der Waals surface area contributed by atoms with E-state index in [-0.39, 0.29) is 5.90 Å². The highest BCUT2D eigenvalue weighted by Crippen LogP contribution is 2.08. The molecule has 1 aliphatic rings. The van der Waals surface area contributed by atoms with Gasteiger partial charge in [0.15, 0.2) is 0 Å². The minimum Gasteiger partial charge on any atom is -0.481 e. The van der Waals surface area contributed by atoms with E-state index >= 15 is 0 Å². The van der Waals surface area contributed by atoms with Crippen LogP contribution in [-0.4, -0.2) is 43.3 Å². The van der Waals surface area contributed by atoms with Crippen LogP contribution in [0.15, 0.2) is 12.2 Å². The van der Waals surface area contributed by atoms with Gasteiger partial charge in [-0.3, -0.25) is 5.41 Å². The third-order valence-corrected chi connectivity index (χ3v) is 2.80. The van der Waals surface area contributed by atoms with Gasteiger partial charge in [-0.15, -0.1) is 0 Å². The maximum atomic E-state index is 7.71. The number of rotatable bonds is 5. The molecule has 0 aromatic carbocycles. The van der Waals surface area contributed by atoms with E-state index in [1.807, 2.05) is 0 Å². The van der Waals surface area contributed by atoms with Crippen molar-refractivity contribution in [3.8, 4) is 0 Å². The van der Waals surface area contributed by atoms with Crippen LogP contribution in [0.3, 0.4) is 0 Å². The Kier molecular flexibility index (Phi) is 5.78. The van der Waals surface area contributed by atoms with Crippen molar-refractivity contribution in [1.29, 1.82) is 10.8 Å². The van der Waals surface area contributed by atoms with Gasteiger partial charge in [-0.05, 0) is 32.0 Å². The molecule has 1 saturated heterocycles. The Morgan fingerprint density at radius 2 is 1.88 bits per heavy atom. The summed E-state index contributed by atoms with van der Waals surface area (Å²) >= 11 is 0. The van der Waals surface area contributed by atoms with Crippen molar-refractivity contribution in [2.75, 3.05) is 26.7 Å². The van der Waals surface area contributed by atoms with Crippen molar-refractivity contribution < 1.29 is 4.74 Å². The quantitative estimate of drug-likeness (QED) is 0.553. The highest BCUT2D eigenvalue weighted by Gasteiger charge is 2.09. The summed E-state index contributed by atoms with van der Waals surface area (Å²) in [7, 11) is 1.46. The normalized spacial score (nSPS) is 17.6. The first-order valence-corrected chi connectivity index (χ1v) is 5.83. The van der Waals surface area contributed by atoms with E-state index < -0.39 is 0 Å². The van der Waals surface area contributed by atoms with E-state index in [0.717, 1.165) is 13.0 Å². The molecule has 1 rings (SSSR count). The standard InChI is InChI=1S/C12H21N3O/c1-16-12(14)6-5-11(13)7-10-15-8-3-2-4-9-15/h5-6,13-14H,2-4,7-10H2,1H3/b6-5-,13-11?,14-12?. The third kappa shape index (κ3) is 5.07. The molecule has 4 heteroatoms. The Morgan fingerprint density at radius 1 is 1.19 bits per heavy atom. The average Bonchev–Trinajstić information content (AvgIpc) is 2.34. The molecule has 16 heavy (non-hydrogen) atoms. The number of nitrogens with zero attached hydrogens (tertiary/aromatic N) is 1. The highest BCUT2D eigenvalue weighted by molar-refractivity contribution is 5.98. The number of ether oxygens (including phenoxy) is 1. The van der Waals surface area contributed by atoms with Crippen LogP contribution >= 0.6 is 0 Å². The summed E-state index contributed by atoms with van der Waals surface area (Å²) in [5.74, 6) is 0.0997. The zero-order valence-corrected chi connectivity index (χ0v) is 9.96. The Labute approximate surface area is 97.3 Å². The molecular formula is C12H21N3O. The summed E-state index contributed by atoms with van der Waals surface area (Å²) in [4.78, 5) is 2.41. The van der Waals surface area contributed by atoms with Gasteiger partial charge in [-0.1, -0.05) is 6.42 Å². The zero-order valence-electron chi connectivity index (χ0n) is 9.96. The molecule has 0 saturated carbocycles. The van der Waals surface area contributed by atoms with Crippen molar-refractivity contribution in [1.82, 2.24) is 4.90 Å². The molecule has 0 aliphatic carbocycles. The minimum atomic E-state index is 0.0997. The number of allylic oxidation sites excluding steroid dienone is 1. The number of likely N-dealkylation sites (tertiary alicyclic amines) is 1. The number of methoxy groups -OCH3 is 1. The summed E-state index contributed by atoms with van der Waals surface area (Å²) in [5.41, 5.74) is 0.562. The van der Waals surface area contributed by atoms with Gasteiger partial charge < -0.3 is 15.0 Å². The van der Waals surface area contributed by atoms with Crippen LogP contribution in [0.4, 0.5) is 0 Å². The number of hydrogen-bond acceptors (Lipinski definition) is 4. The summed E-state index contributed by atoms with van der Waals surface area (Å²) in [6.45, 7) is 3.30. The molecule has 90 valence electrons. The summed E-state index contributed by atoms with van der Waals surface area (Å²) < 4.78 is 4.68. The first-order valence-electron chi connectivity index (χ1n) is 5.83. The van der Waals surface area contributed by atoms with Gasteiger partial charge in [-0.25, -0.2) is 0 Å². The molecule has 0 bridgehead atoms. The van der Waals surface area contributed by atoms with Gasteiger partial charge in [0, 0.05) is 24.8 Å². The van der Waals surface area contributed by atoms with Gasteiger partial charge in [-0.2, -0.15) is 0 Å². The lowest BCUT2D eigenvalue weighted by Crippen LogP contribution is -2.31. The molecule has 0 unspecified atom stereocenters. The monoisotopic (exact) mass is 223 g/mol. The summed E-state index contributed by atoms with van der Waals surface area (Å²) in [6.07, 6.45) is 7.86. The largest absolute Gasteiger partial charge is 0.481 e. The lowest BCUT2D eigenvalue weighted by atomic mass is 10.1. The second-order valence-corrected chi connectivity index (χ2v) is 4.08. The molecule has 2 N–H and O–H groups in total. The molecule has 1 fully saturated rings. The predicted octanol–water partition coefficient (Wildman–Crippen LogP) is 2.06. The van der Waals surface area contributed by atoms with Crippen LogP contribution in [0, 0.1) is 10.8 Å². The molecule has 0 atom stereocenters. The van der Waals surface area contributed by atoms with Crippen LogP contribution in [0.25, 0.3) is 0 Å². The second-order valence-electron chi connectivity index (χ2n) is 4.08. The fraction of sp³-hybridized carbons (Fsp3) is 0.667. The predicted molar refractivity (Wildman–Crippen MR) is 66.5 cm³/mol. The zero-order chi connectivity index (χ0) is 11.8. The van der Waals surface area contributed by atoms with Crippen molar-refractivity contribution >= 4 is 11.6 Å². The fourth-order valence-corrected chi connectivity index (χ4v) is 1.79.